The van der Waals surface area contributed by atoms with E-state index in [4.69, 9.17) is 21.1 Å². The van der Waals surface area contributed by atoms with Crippen LogP contribution < -0.4 is 14.8 Å². The van der Waals surface area contributed by atoms with E-state index in [2.05, 4.69) is 5.32 Å². The van der Waals surface area contributed by atoms with E-state index >= 15 is 0 Å². The summed E-state index contributed by atoms with van der Waals surface area (Å²) in [5.41, 5.74) is 1.74. The smallest absolute Gasteiger partial charge is 0.239 e. The number of ether oxygens (including phenoxy) is 2. The SMILES string of the molecule is CCc1cc2c(cc1NC(=O)CCl)OCO2. The molecule has 86 valence electrons. The Balaban J connectivity index is 2.32. The molecule has 1 aliphatic rings. The number of hydrogen-bond acceptors (Lipinski definition) is 3. The number of halogens is 1. The van der Waals surface area contributed by atoms with Crippen LogP contribution in [0.3, 0.4) is 0 Å². The van der Waals surface area contributed by atoms with Crippen LogP contribution in [0, 0.1) is 0 Å². The van der Waals surface area contributed by atoms with Gasteiger partial charge in [-0.25, -0.2) is 0 Å². The highest BCUT2D eigenvalue weighted by atomic mass is 35.5. The van der Waals surface area contributed by atoms with E-state index in [-0.39, 0.29) is 18.6 Å². The lowest BCUT2D eigenvalue weighted by Crippen LogP contribution is -2.13. The minimum Gasteiger partial charge on any atom is -0.454 e. The van der Waals surface area contributed by atoms with Crippen molar-refractivity contribution in [2.24, 2.45) is 0 Å². The zero-order chi connectivity index (χ0) is 11.5. The predicted molar refractivity (Wildman–Crippen MR) is 61.3 cm³/mol. The van der Waals surface area contributed by atoms with Crippen LogP contribution in [-0.4, -0.2) is 18.6 Å². The van der Waals surface area contributed by atoms with Crippen LogP contribution in [-0.2, 0) is 11.2 Å². The zero-order valence-corrected chi connectivity index (χ0v) is 9.63. The average molecular weight is 242 g/mol. The average Bonchev–Trinajstić information content (AvgIpc) is 2.74. The van der Waals surface area contributed by atoms with Crippen molar-refractivity contribution in [3.63, 3.8) is 0 Å². The largest absolute Gasteiger partial charge is 0.454 e. The summed E-state index contributed by atoms with van der Waals surface area (Å²) >= 11 is 5.45. The topological polar surface area (TPSA) is 47.6 Å². The number of amides is 1. The minimum atomic E-state index is -0.227. The quantitative estimate of drug-likeness (QED) is 0.825. The second-order valence-corrected chi connectivity index (χ2v) is 3.67. The van der Waals surface area contributed by atoms with Gasteiger partial charge < -0.3 is 14.8 Å². The summed E-state index contributed by atoms with van der Waals surface area (Å²) in [6, 6.07) is 3.65. The number of fused-ring (bicyclic) bond motifs is 1. The first kappa shape index (κ1) is 11.1. The minimum absolute atomic E-state index is 0.0579. The molecule has 1 aromatic carbocycles. The lowest BCUT2D eigenvalue weighted by Gasteiger charge is -2.10. The highest BCUT2D eigenvalue weighted by molar-refractivity contribution is 6.29. The van der Waals surface area contributed by atoms with E-state index in [0.717, 1.165) is 23.4 Å². The van der Waals surface area contributed by atoms with Crippen LogP contribution in [0.2, 0.25) is 0 Å². The summed E-state index contributed by atoms with van der Waals surface area (Å²) in [6.45, 7) is 2.24. The van der Waals surface area contributed by atoms with Crippen LogP contribution in [0.4, 0.5) is 5.69 Å². The number of nitrogens with one attached hydrogen (secondary N) is 1. The Labute approximate surface area is 98.5 Å². The maximum absolute atomic E-state index is 11.2. The first-order valence-corrected chi connectivity index (χ1v) is 5.56. The van der Waals surface area contributed by atoms with Gasteiger partial charge in [0.2, 0.25) is 12.7 Å². The van der Waals surface area contributed by atoms with Crippen LogP contribution in [0.1, 0.15) is 12.5 Å². The van der Waals surface area contributed by atoms with Crippen molar-refractivity contribution in [1.29, 1.82) is 0 Å². The van der Waals surface area contributed by atoms with E-state index in [0.29, 0.717) is 5.75 Å². The molecule has 1 N–H and O–H groups in total. The molecule has 0 spiro atoms. The Morgan fingerprint density at radius 3 is 2.75 bits per heavy atom. The van der Waals surface area contributed by atoms with Crippen molar-refractivity contribution in [2.75, 3.05) is 18.0 Å². The third kappa shape index (κ3) is 2.07. The molecular weight excluding hydrogens is 230 g/mol. The fraction of sp³-hybridized carbons (Fsp3) is 0.364. The third-order valence-electron chi connectivity index (χ3n) is 2.37. The molecule has 5 heteroatoms. The number of rotatable bonds is 3. The second-order valence-electron chi connectivity index (χ2n) is 3.40. The number of benzene rings is 1. The van der Waals surface area contributed by atoms with E-state index in [1.54, 1.807) is 6.07 Å². The van der Waals surface area contributed by atoms with E-state index in [1.165, 1.54) is 0 Å². The lowest BCUT2D eigenvalue weighted by molar-refractivity contribution is -0.113. The maximum Gasteiger partial charge on any atom is 0.239 e. The van der Waals surface area contributed by atoms with Gasteiger partial charge in [-0.3, -0.25) is 4.79 Å². The van der Waals surface area contributed by atoms with Crippen molar-refractivity contribution in [3.05, 3.63) is 17.7 Å². The molecule has 0 radical (unpaired) electrons. The molecule has 0 unspecified atom stereocenters. The zero-order valence-electron chi connectivity index (χ0n) is 8.88. The van der Waals surface area contributed by atoms with Gasteiger partial charge in [-0.05, 0) is 18.1 Å². The summed E-state index contributed by atoms with van der Waals surface area (Å²) in [4.78, 5) is 11.2. The second kappa shape index (κ2) is 4.61. The Morgan fingerprint density at radius 1 is 1.44 bits per heavy atom. The van der Waals surface area contributed by atoms with Crippen LogP contribution >= 0.6 is 11.6 Å². The molecule has 0 aliphatic carbocycles. The molecule has 1 aliphatic heterocycles. The summed E-state index contributed by atoms with van der Waals surface area (Å²) < 4.78 is 10.5. The standard InChI is InChI=1S/C11H12ClNO3/c1-2-7-3-9-10(16-6-15-9)4-8(7)13-11(14)5-12/h3-4H,2,5-6H2,1H3,(H,13,14). The molecule has 0 bridgehead atoms. The van der Waals surface area contributed by atoms with Crippen molar-refractivity contribution < 1.29 is 14.3 Å². The number of carbonyl (C=O) groups is 1. The van der Waals surface area contributed by atoms with Gasteiger partial charge in [0, 0.05) is 11.8 Å². The Kier molecular flexibility index (Phi) is 3.19. The Bertz CT molecular complexity index is 420. The fourth-order valence-electron chi connectivity index (χ4n) is 1.58. The molecule has 4 nitrogen and oxygen atoms in total. The summed E-state index contributed by atoms with van der Waals surface area (Å²) in [5, 5.41) is 2.73. The molecule has 1 heterocycles. The van der Waals surface area contributed by atoms with Gasteiger partial charge in [0.25, 0.3) is 0 Å². The highest BCUT2D eigenvalue weighted by Gasteiger charge is 2.17. The van der Waals surface area contributed by atoms with Gasteiger partial charge in [-0.15, -0.1) is 11.6 Å². The number of anilines is 1. The van der Waals surface area contributed by atoms with E-state index in [9.17, 15) is 4.79 Å². The van der Waals surface area contributed by atoms with Gasteiger partial charge in [0.1, 0.15) is 5.88 Å². The van der Waals surface area contributed by atoms with Crippen LogP contribution in [0.15, 0.2) is 12.1 Å². The fourth-order valence-corrected chi connectivity index (χ4v) is 1.64. The van der Waals surface area contributed by atoms with E-state index < -0.39 is 0 Å². The first-order chi connectivity index (χ1) is 7.74. The van der Waals surface area contributed by atoms with Crippen molar-refractivity contribution in [2.45, 2.75) is 13.3 Å². The lowest BCUT2D eigenvalue weighted by atomic mass is 10.1. The normalized spacial score (nSPS) is 12.6. The molecule has 16 heavy (non-hydrogen) atoms. The number of aryl methyl sites for hydroxylation is 1. The van der Waals surface area contributed by atoms with Crippen LogP contribution in [0.5, 0.6) is 11.5 Å². The molecule has 0 saturated heterocycles. The molecule has 1 amide bonds. The van der Waals surface area contributed by atoms with Gasteiger partial charge in [0.05, 0.1) is 0 Å². The Hall–Kier alpha value is -1.42. The van der Waals surface area contributed by atoms with Gasteiger partial charge in [0.15, 0.2) is 11.5 Å². The van der Waals surface area contributed by atoms with Crippen molar-refractivity contribution in [3.8, 4) is 11.5 Å². The van der Waals surface area contributed by atoms with Crippen LogP contribution in [0.25, 0.3) is 0 Å². The van der Waals surface area contributed by atoms with Gasteiger partial charge >= 0.3 is 0 Å². The highest BCUT2D eigenvalue weighted by Crippen LogP contribution is 2.37. The van der Waals surface area contributed by atoms with E-state index in [1.807, 2.05) is 13.0 Å². The molecule has 0 aromatic heterocycles. The van der Waals surface area contributed by atoms with Crippen molar-refractivity contribution in [1.82, 2.24) is 0 Å². The van der Waals surface area contributed by atoms with Gasteiger partial charge in [-0.1, -0.05) is 6.92 Å². The Morgan fingerprint density at radius 2 is 2.12 bits per heavy atom. The maximum atomic E-state index is 11.2. The number of alkyl halides is 1. The molecule has 0 fully saturated rings. The molecule has 2 rings (SSSR count). The summed E-state index contributed by atoms with van der Waals surface area (Å²) in [7, 11) is 0. The third-order valence-corrected chi connectivity index (χ3v) is 2.62. The number of carbonyl (C=O) groups excluding carboxylic acids is 1. The monoisotopic (exact) mass is 241 g/mol. The molecule has 1 aromatic rings. The first-order valence-electron chi connectivity index (χ1n) is 5.03. The summed E-state index contributed by atoms with van der Waals surface area (Å²) in [6.07, 6.45) is 0.800. The van der Waals surface area contributed by atoms with Gasteiger partial charge in [-0.2, -0.15) is 0 Å². The molecule has 0 saturated carbocycles. The van der Waals surface area contributed by atoms with Crippen molar-refractivity contribution >= 4 is 23.2 Å². The molecule has 0 atom stereocenters. The summed E-state index contributed by atoms with van der Waals surface area (Å²) in [5.74, 6) is 1.09. The molecular formula is C11H12ClNO3. The number of hydrogen-bond donors (Lipinski definition) is 1. The predicted octanol–water partition coefficient (Wildman–Crippen LogP) is 2.15.